The molecule has 0 unspecified atom stereocenters. The molecule has 0 saturated heterocycles. The average molecular weight is 249 g/mol. The van der Waals surface area contributed by atoms with Gasteiger partial charge in [0.05, 0.1) is 12.2 Å². The van der Waals surface area contributed by atoms with Crippen molar-refractivity contribution >= 4 is 11.8 Å². The second-order valence-electron chi connectivity index (χ2n) is 3.97. The zero-order chi connectivity index (χ0) is 13.2. The topological polar surface area (TPSA) is 71.1 Å². The summed E-state index contributed by atoms with van der Waals surface area (Å²) in [5.74, 6) is -1.20. The lowest BCUT2D eigenvalue weighted by Gasteiger charge is -2.05. The van der Waals surface area contributed by atoms with E-state index in [1.807, 2.05) is 6.07 Å². The Morgan fingerprint density at radius 3 is 2.61 bits per heavy atom. The van der Waals surface area contributed by atoms with Gasteiger partial charge in [-0.3, -0.25) is 14.6 Å². The molecule has 1 rings (SSSR count). The first-order chi connectivity index (χ1) is 8.74. The molecule has 0 saturated carbocycles. The lowest BCUT2D eigenvalue weighted by molar-refractivity contribution is -0.139. The molecule has 2 N–H and O–H groups in total. The van der Waals surface area contributed by atoms with Gasteiger partial charge in [-0.15, -0.1) is 0 Å². The number of nitrogens with zero attached hydrogens (tertiary/aromatic N) is 1. The van der Waals surface area contributed by atoms with Crippen LogP contribution in [0.3, 0.4) is 0 Å². The molecule has 0 bridgehead atoms. The van der Waals surface area contributed by atoms with Crippen molar-refractivity contribution in [2.75, 3.05) is 6.54 Å². The van der Waals surface area contributed by atoms with Crippen molar-refractivity contribution in [1.82, 2.24) is 15.6 Å². The van der Waals surface area contributed by atoms with Crippen LogP contribution in [0, 0.1) is 0 Å². The van der Waals surface area contributed by atoms with Gasteiger partial charge in [0.1, 0.15) is 0 Å². The normalized spacial score (nSPS) is 9.83. The summed E-state index contributed by atoms with van der Waals surface area (Å²) in [5.41, 5.74) is 0.727. The Bertz CT molecular complexity index is 379. The number of nitrogens with one attached hydrogen (secondary N) is 2. The molecule has 18 heavy (non-hydrogen) atoms. The summed E-state index contributed by atoms with van der Waals surface area (Å²) in [5, 5.41) is 5.11. The third kappa shape index (κ3) is 5.43. The number of pyridine rings is 1. The van der Waals surface area contributed by atoms with Crippen molar-refractivity contribution in [3.05, 3.63) is 30.1 Å². The second kappa shape index (κ2) is 8.22. The molecule has 0 atom stereocenters. The van der Waals surface area contributed by atoms with E-state index in [1.54, 1.807) is 18.3 Å². The summed E-state index contributed by atoms with van der Waals surface area (Å²) >= 11 is 0. The standard InChI is InChI=1S/C13H19N3O2/c1-2-3-5-9-15-12(17)13(18)16-10-11-7-4-6-8-14-11/h4,6-8H,2-3,5,9-10H2,1H3,(H,15,17)(H,16,18). The molecule has 0 aliphatic rings. The number of rotatable bonds is 6. The fourth-order valence-electron chi connectivity index (χ4n) is 1.41. The third-order valence-electron chi connectivity index (χ3n) is 2.43. The molecule has 98 valence electrons. The molecule has 0 aliphatic heterocycles. The lowest BCUT2D eigenvalue weighted by atomic mass is 10.2. The lowest BCUT2D eigenvalue weighted by Crippen LogP contribution is -2.40. The molecular weight excluding hydrogens is 230 g/mol. The van der Waals surface area contributed by atoms with Gasteiger partial charge >= 0.3 is 11.8 Å². The van der Waals surface area contributed by atoms with Crippen molar-refractivity contribution in [1.29, 1.82) is 0 Å². The fraction of sp³-hybridized carbons (Fsp3) is 0.462. The molecule has 0 spiro atoms. The average Bonchev–Trinajstić information content (AvgIpc) is 2.42. The number of carbonyl (C=O) groups is 2. The second-order valence-corrected chi connectivity index (χ2v) is 3.97. The number of amides is 2. The summed E-state index contributed by atoms with van der Waals surface area (Å²) in [7, 11) is 0. The van der Waals surface area contributed by atoms with Gasteiger partial charge in [0, 0.05) is 12.7 Å². The van der Waals surface area contributed by atoms with Gasteiger partial charge in [-0.05, 0) is 18.6 Å². The van der Waals surface area contributed by atoms with E-state index in [4.69, 9.17) is 0 Å². The monoisotopic (exact) mass is 249 g/mol. The minimum Gasteiger partial charge on any atom is -0.348 e. The van der Waals surface area contributed by atoms with E-state index in [-0.39, 0.29) is 6.54 Å². The van der Waals surface area contributed by atoms with Gasteiger partial charge < -0.3 is 10.6 Å². The Morgan fingerprint density at radius 1 is 1.17 bits per heavy atom. The highest BCUT2D eigenvalue weighted by molar-refractivity contribution is 6.35. The largest absolute Gasteiger partial charge is 0.348 e. The number of hydrogen-bond donors (Lipinski definition) is 2. The molecule has 1 heterocycles. The van der Waals surface area contributed by atoms with Crippen molar-refractivity contribution < 1.29 is 9.59 Å². The highest BCUT2D eigenvalue weighted by Crippen LogP contribution is 1.92. The summed E-state index contributed by atoms with van der Waals surface area (Å²) in [6, 6.07) is 5.42. The van der Waals surface area contributed by atoms with Crippen LogP contribution < -0.4 is 10.6 Å². The van der Waals surface area contributed by atoms with Crippen molar-refractivity contribution in [3.8, 4) is 0 Å². The van der Waals surface area contributed by atoms with Crippen LogP contribution in [0.1, 0.15) is 31.9 Å². The summed E-state index contributed by atoms with van der Waals surface area (Å²) in [4.78, 5) is 26.9. The van der Waals surface area contributed by atoms with Crippen LogP contribution in [0.2, 0.25) is 0 Å². The summed E-state index contributed by atoms with van der Waals surface area (Å²) in [6.45, 7) is 2.90. The molecule has 1 aromatic rings. The molecule has 5 nitrogen and oxygen atoms in total. The van der Waals surface area contributed by atoms with E-state index < -0.39 is 11.8 Å². The molecule has 0 radical (unpaired) electrons. The van der Waals surface area contributed by atoms with E-state index in [0.717, 1.165) is 25.0 Å². The van der Waals surface area contributed by atoms with E-state index in [0.29, 0.717) is 6.54 Å². The molecule has 2 amide bonds. The first kappa shape index (κ1) is 14.2. The maximum Gasteiger partial charge on any atom is 0.309 e. The molecule has 5 heteroatoms. The van der Waals surface area contributed by atoms with E-state index >= 15 is 0 Å². The van der Waals surface area contributed by atoms with Gasteiger partial charge in [0.2, 0.25) is 0 Å². The van der Waals surface area contributed by atoms with Crippen LogP contribution in [0.4, 0.5) is 0 Å². The van der Waals surface area contributed by atoms with Crippen LogP contribution in [0.25, 0.3) is 0 Å². The number of carbonyl (C=O) groups excluding carboxylic acids is 2. The Balaban J connectivity index is 2.22. The molecular formula is C13H19N3O2. The summed E-state index contributed by atoms with van der Waals surface area (Å²) in [6.07, 6.45) is 4.68. The summed E-state index contributed by atoms with van der Waals surface area (Å²) < 4.78 is 0. The highest BCUT2D eigenvalue weighted by atomic mass is 16.2. The molecule has 1 aromatic heterocycles. The zero-order valence-corrected chi connectivity index (χ0v) is 10.6. The van der Waals surface area contributed by atoms with Gasteiger partial charge in [0.15, 0.2) is 0 Å². The first-order valence-electron chi connectivity index (χ1n) is 6.20. The van der Waals surface area contributed by atoms with E-state index in [1.165, 1.54) is 0 Å². The smallest absolute Gasteiger partial charge is 0.309 e. The maximum atomic E-state index is 11.4. The SMILES string of the molecule is CCCCCNC(=O)C(=O)NCc1ccccn1. The number of unbranched alkanes of at least 4 members (excludes halogenated alkanes) is 2. The van der Waals surface area contributed by atoms with Crippen LogP contribution in [0.15, 0.2) is 24.4 Å². The molecule has 0 fully saturated rings. The Kier molecular flexibility index (Phi) is 6.46. The maximum absolute atomic E-state index is 11.4. The highest BCUT2D eigenvalue weighted by Gasteiger charge is 2.11. The van der Waals surface area contributed by atoms with Crippen LogP contribution in [0.5, 0.6) is 0 Å². The van der Waals surface area contributed by atoms with Gasteiger partial charge in [-0.25, -0.2) is 0 Å². The van der Waals surface area contributed by atoms with Crippen molar-refractivity contribution in [2.24, 2.45) is 0 Å². The van der Waals surface area contributed by atoms with Crippen molar-refractivity contribution in [2.45, 2.75) is 32.7 Å². The predicted molar refractivity (Wildman–Crippen MR) is 68.6 cm³/mol. The predicted octanol–water partition coefficient (Wildman–Crippen LogP) is 1.00. The third-order valence-corrected chi connectivity index (χ3v) is 2.43. The first-order valence-corrected chi connectivity index (χ1v) is 6.20. The fourth-order valence-corrected chi connectivity index (χ4v) is 1.41. The quantitative estimate of drug-likeness (QED) is 0.583. The van der Waals surface area contributed by atoms with E-state index in [9.17, 15) is 9.59 Å². The Labute approximate surface area is 107 Å². The van der Waals surface area contributed by atoms with E-state index in [2.05, 4.69) is 22.5 Å². The minimum atomic E-state index is -0.614. The number of hydrogen-bond acceptors (Lipinski definition) is 3. The molecule has 0 aliphatic carbocycles. The van der Waals surface area contributed by atoms with Crippen LogP contribution >= 0.6 is 0 Å². The number of aromatic nitrogens is 1. The van der Waals surface area contributed by atoms with Gasteiger partial charge in [-0.2, -0.15) is 0 Å². The zero-order valence-electron chi connectivity index (χ0n) is 10.6. The van der Waals surface area contributed by atoms with Crippen molar-refractivity contribution in [3.63, 3.8) is 0 Å². The van der Waals surface area contributed by atoms with Gasteiger partial charge in [-0.1, -0.05) is 25.8 Å². The molecule has 0 aromatic carbocycles. The van der Waals surface area contributed by atoms with Crippen LogP contribution in [-0.2, 0) is 16.1 Å². The Hall–Kier alpha value is -1.91. The minimum absolute atomic E-state index is 0.266. The van der Waals surface area contributed by atoms with Crippen LogP contribution in [-0.4, -0.2) is 23.3 Å². The Morgan fingerprint density at radius 2 is 1.94 bits per heavy atom. The van der Waals surface area contributed by atoms with Gasteiger partial charge in [0.25, 0.3) is 0 Å².